The second kappa shape index (κ2) is 6.04. The van der Waals surface area contributed by atoms with Gasteiger partial charge in [0.25, 0.3) is 0 Å². The van der Waals surface area contributed by atoms with E-state index in [0.717, 1.165) is 22.9 Å². The number of rotatable bonds is 5. The van der Waals surface area contributed by atoms with Crippen molar-refractivity contribution in [2.45, 2.75) is 32.6 Å². The summed E-state index contributed by atoms with van der Waals surface area (Å²) in [5.74, 6) is -0.925. The molecule has 1 aromatic carbocycles. The average Bonchev–Trinajstić information content (AvgIpc) is 2.24. The molecule has 1 unspecified atom stereocenters. The van der Waals surface area contributed by atoms with E-state index in [9.17, 15) is 9.90 Å². The van der Waals surface area contributed by atoms with E-state index in [4.69, 9.17) is 0 Å². The average molecular weight is 285 g/mol. The molecule has 0 bridgehead atoms. The van der Waals surface area contributed by atoms with Crippen molar-refractivity contribution < 1.29 is 9.90 Å². The molecule has 0 aliphatic carbocycles. The molecule has 0 amide bonds. The third-order valence-electron chi connectivity index (χ3n) is 2.99. The molecule has 0 saturated carbocycles. The van der Waals surface area contributed by atoms with Crippen LogP contribution >= 0.6 is 15.9 Å². The van der Waals surface area contributed by atoms with Gasteiger partial charge in [-0.3, -0.25) is 4.79 Å². The van der Waals surface area contributed by atoms with Gasteiger partial charge in [0.1, 0.15) is 0 Å². The number of halogens is 1. The van der Waals surface area contributed by atoms with Crippen LogP contribution in [-0.4, -0.2) is 11.1 Å². The molecule has 0 aliphatic heterocycles. The Labute approximate surface area is 105 Å². The number of benzene rings is 1. The SMILES string of the molecule is CCC(CC)C(C(=O)O)c1cccc(Br)c1. The summed E-state index contributed by atoms with van der Waals surface area (Å²) in [6, 6.07) is 7.59. The van der Waals surface area contributed by atoms with E-state index in [1.165, 1.54) is 0 Å². The van der Waals surface area contributed by atoms with E-state index >= 15 is 0 Å². The van der Waals surface area contributed by atoms with Gasteiger partial charge in [-0.2, -0.15) is 0 Å². The van der Waals surface area contributed by atoms with E-state index in [1.807, 2.05) is 38.1 Å². The number of carbonyl (C=O) groups is 1. The van der Waals surface area contributed by atoms with Crippen molar-refractivity contribution in [3.63, 3.8) is 0 Å². The molecular formula is C13H17BrO2. The molecule has 1 rings (SSSR count). The summed E-state index contributed by atoms with van der Waals surface area (Å²) in [5.41, 5.74) is 0.885. The zero-order valence-electron chi connectivity index (χ0n) is 9.61. The quantitative estimate of drug-likeness (QED) is 0.886. The van der Waals surface area contributed by atoms with Crippen LogP contribution in [0.15, 0.2) is 28.7 Å². The van der Waals surface area contributed by atoms with E-state index in [-0.39, 0.29) is 5.92 Å². The third-order valence-corrected chi connectivity index (χ3v) is 3.49. The fourth-order valence-electron chi connectivity index (χ4n) is 2.08. The first-order chi connectivity index (χ1) is 7.60. The van der Waals surface area contributed by atoms with E-state index in [0.29, 0.717) is 0 Å². The topological polar surface area (TPSA) is 37.3 Å². The van der Waals surface area contributed by atoms with Gasteiger partial charge < -0.3 is 5.11 Å². The molecule has 2 nitrogen and oxygen atoms in total. The minimum atomic E-state index is -0.730. The molecule has 0 spiro atoms. The van der Waals surface area contributed by atoms with Gasteiger partial charge in [0.2, 0.25) is 0 Å². The minimum Gasteiger partial charge on any atom is -0.481 e. The molecule has 1 N–H and O–H groups in total. The summed E-state index contributed by atoms with van der Waals surface area (Å²) < 4.78 is 0.933. The summed E-state index contributed by atoms with van der Waals surface area (Å²) >= 11 is 3.38. The molecule has 0 saturated heterocycles. The van der Waals surface area contributed by atoms with Crippen LogP contribution < -0.4 is 0 Å². The van der Waals surface area contributed by atoms with Crippen LogP contribution in [0, 0.1) is 5.92 Å². The Morgan fingerprint density at radius 2 is 2.00 bits per heavy atom. The first-order valence-corrected chi connectivity index (χ1v) is 6.37. The van der Waals surface area contributed by atoms with Crippen molar-refractivity contribution in [3.05, 3.63) is 34.3 Å². The van der Waals surface area contributed by atoms with Crippen molar-refractivity contribution >= 4 is 21.9 Å². The second-order valence-corrected chi connectivity index (χ2v) is 4.86. The molecule has 0 aliphatic rings. The molecule has 16 heavy (non-hydrogen) atoms. The maximum absolute atomic E-state index is 11.4. The Hall–Kier alpha value is -0.830. The number of aliphatic carboxylic acids is 1. The van der Waals surface area contributed by atoms with Gasteiger partial charge in [-0.25, -0.2) is 0 Å². The van der Waals surface area contributed by atoms with Gasteiger partial charge in [0, 0.05) is 4.47 Å². The molecule has 0 fully saturated rings. The predicted octanol–water partition coefficient (Wildman–Crippen LogP) is 4.05. The van der Waals surface area contributed by atoms with Crippen LogP contribution in [0.4, 0.5) is 0 Å². The Bertz CT molecular complexity index is 359. The van der Waals surface area contributed by atoms with E-state index in [1.54, 1.807) is 0 Å². The highest BCUT2D eigenvalue weighted by atomic mass is 79.9. The van der Waals surface area contributed by atoms with Gasteiger partial charge in [0.15, 0.2) is 0 Å². The number of carboxylic acid groups (broad SMARTS) is 1. The zero-order valence-corrected chi connectivity index (χ0v) is 11.2. The van der Waals surface area contributed by atoms with Crippen molar-refractivity contribution in [2.24, 2.45) is 5.92 Å². The minimum absolute atomic E-state index is 0.201. The summed E-state index contributed by atoms with van der Waals surface area (Å²) in [7, 11) is 0. The van der Waals surface area contributed by atoms with Crippen LogP contribution in [0.5, 0.6) is 0 Å². The van der Waals surface area contributed by atoms with Crippen LogP contribution in [0.25, 0.3) is 0 Å². The Morgan fingerprint density at radius 3 is 2.44 bits per heavy atom. The van der Waals surface area contributed by atoms with Gasteiger partial charge in [-0.1, -0.05) is 54.8 Å². The largest absolute Gasteiger partial charge is 0.481 e. The Balaban J connectivity index is 3.06. The highest BCUT2D eigenvalue weighted by Crippen LogP contribution is 2.31. The highest BCUT2D eigenvalue weighted by Gasteiger charge is 2.27. The van der Waals surface area contributed by atoms with Crippen molar-refractivity contribution in [1.82, 2.24) is 0 Å². The zero-order chi connectivity index (χ0) is 12.1. The first-order valence-electron chi connectivity index (χ1n) is 5.58. The maximum atomic E-state index is 11.4. The summed E-state index contributed by atoms with van der Waals surface area (Å²) in [5, 5.41) is 9.33. The predicted molar refractivity (Wildman–Crippen MR) is 68.6 cm³/mol. The molecule has 1 aromatic rings. The number of carboxylic acids is 1. The summed E-state index contributed by atoms with van der Waals surface area (Å²) in [4.78, 5) is 11.4. The summed E-state index contributed by atoms with van der Waals surface area (Å²) in [6.07, 6.45) is 1.78. The lowest BCUT2D eigenvalue weighted by molar-refractivity contribution is -0.140. The molecule has 1 atom stereocenters. The van der Waals surface area contributed by atoms with Crippen LogP contribution in [0.3, 0.4) is 0 Å². The number of hydrogen-bond donors (Lipinski definition) is 1. The van der Waals surface area contributed by atoms with Crippen molar-refractivity contribution in [2.75, 3.05) is 0 Å². The lowest BCUT2D eigenvalue weighted by atomic mass is 9.83. The first kappa shape index (κ1) is 13.2. The molecule has 3 heteroatoms. The molecule has 88 valence electrons. The highest BCUT2D eigenvalue weighted by molar-refractivity contribution is 9.10. The third kappa shape index (κ3) is 3.08. The van der Waals surface area contributed by atoms with Crippen LogP contribution in [0.1, 0.15) is 38.2 Å². The van der Waals surface area contributed by atoms with Crippen molar-refractivity contribution in [3.8, 4) is 0 Å². The second-order valence-electron chi connectivity index (χ2n) is 3.95. The van der Waals surface area contributed by atoms with E-state index in [2.05, 4.69) is 15.9 Å². The Kier molecular flexibility index (Phi) is 5.00. The molecule has 0 radical (unpaired) electrons. The van der Waals surface area contributed by atoms with Gasteiger partial charge in [-0.05, 0) is 23.6 Å². The van der Waals surface area contributed by atoms with Gasteiger partial charge in [-0.15, -0.1) is 0 Å². The Morgan fingerprint density at radius 1 is 1.38 bits per heavy atom. The molecule has 0 aromatic heterocycles. The van der Waals surface area contributed by atoms with Gasteiger partial charge >= 0.3 is 5.97 Å². The maximum Gasteiger partial charge on any atom is 0.311 e. The van der Waals surface area contributed by atoms with Gasteiger partial charge in [0.05, 0.1) is 5.92 Å². The fraction of sp³-hybridized carbons (Fsp3) is 0.462. The number of hydrogen-bond acceptors (Lipinski definition) is 1. The standard InChI is InChI=1S/C13H17BrO2/c1-3-9(4-2)12(13(15)16)10-6-5-7-11(14)8-10/h5-9,12H,3-4H2,1-2H3,(H,15,16). The lowest BCUT2D eigenvalue weighted by Crippen LogP contribution is -2.20. The monoisotopic (exact) mass is 284 g/mol. The van der Waals surface area contributed by atoms with Crippen molar-refractivity contribution in [1.29, 1.82) is 0 Å². The normalized spacial score (nSPS) is 12.8. The smallest absolute Gasteiger partial charge is 0.311 e. The summed E-state index contributed by atoms with van der Waals surface area (Å²) in [6.45, 7) is 4.09. The van der Waals surface area contributed by atoms with Crippen LogP contribution in [-0.2, 0) is 4.79 Å². The van der Waals surface area contributed by atoms with Crippen LogP contribution in [0.2, 0.25) is 0 Å². The molecular weight excluding hydrogens is 268 g/mol. The fourth-order valence-corrected chi connectivity index (χ4v) is 2.49. The lowest BCUT2D eigenvalue weighted by Gasteiger charge is -2.21. The van der Waals surface area contributed by atoms with E-state index < -0.39 is 11.9 Å². The molecule has 0 heterocycles.